The lowest BCUT2D eigenvalue weighted by Crippen LogP contribution is -2.43. The second kappa shape index (κ2) is 9.52. The van der Waals surface area contributed by atoms with Crippen molar-refractivity contribution in [3.63, 3.8) is 0 Å². The van der Waals surface area contributed by atoms with Crippen molar-refractivity contribution in [2.75, 3.05) is 33.4 Å². The molecule has 140 valence electrons. The molecule has 1 amide bonds. The molecule has 1 aromatic carbocycles. The number of hydrogen-bond acceptors (Lipinski definition) is 4. The first-order valence-electron chi connectivity index (χ1n) is 8.41. The number of methoxy groups -OCH3 is 1. The predicted octanol–water partition coefficient (Wildman–Crippen LogP) is 2.03. The molecule has 1 aromatic rings. The first kappa shape index (κ1) is 20.2. The molecular formula is C17H25ClN2O4S. The molecule has 1 aliphatic heterocycles. The van der Waals surface area contributed by atoms with Crippen LogP contribution in [0.3, 0.4) is 0 Å². The summed E-state index contributed by atoms with van der Waals surface area (Å²) in [6.45, 7) is 1.94. The summed E-state index contributed by atoms with van der Waals surface area (Å²) in [7, 11) is -1.77. The molecule has 2 rings (SSSR count). The maximum Gasteiger partial charge on any atom is 0.223 e. The van der Waals surface area contributed by atoms with E-state index in [4.69, 9.17) is 16.3 Å². The van der Waals surface area contributed by atoms with Crippen LogP contribution in [0.2, 0.25) is 5.02 Å². The van der Waals surface area contributed by atoms with Gasteiger partial charge >= 0.3 is 0 Å². The topological polar surface area (TPSA) is 75.7 Å². The van der Waals surface area contributed by atoms with Crippen molar-refractivity contribution in [3.05, 3.63) is 34.9 Å². The summed E-state index contributed by atoms with van der Waals surface area (Å²) >= 11 is 5.91. The third kappa shape index (κ3) is 6.26. The monoisotopic (exact) mass is 388 g/mol. The Kier molecular flexibility index (Phi) is 7.68. The van der Waals surface area contributed by atoms with Crippen LogP contribution in [0.4, 0.5) is 0 Å². The van der Waals surface area contributed by atoms with Crippen LogP contribution in [-0.2, 0) is 25.3 Å². The second-order valence-electron chi connectivity index (χ2n) is 6.20. The van der Waals surface area contributed by atoms with E-state index in [0.717, 1.165) is 6.42 Å². The zero-order valence-electron chi connectivity index (χ0n) is 14.4. The molecule has 1 aliphatic rings. The first-order valence-corrected chi connectivity index (χ1v) is 10.4. The molecule has 6 nitrogen and oxygen atoms in total. The van der Waals surface area contributed by atoms with Crippen molar-refractivity contribution in [3.8, 4) is 0 Å². The number of hydrogen-bond donors (Lipinski definition) is 1. The average Bonchev–Trinajstić information content (AvgIpc) is 2.58. The standard InChI is InChI=1S/C17H25ClN2O4S/c1-24-11-3-8-19-17(21)15-6-9-20(10-7-15)25(22,23)13-14-4-2-5-16(18)12-14/h2,4-5,12,15H,3,6-11,13H2,1H3,(H,19,21). The highest BCUT2D eigenvalue weighted by molar-refractivity contribution is 7.88. The van der Waals surface area contributed by atoms with Crippen LogP contribution in [0.15, 0.2) is 24.3 Å². The fraction of sp³-hybridized carbons (Fsp3) is 0.588. The minimum atomic E-state index is -3.40. The molecule has 0 aromatic heterocycles. The van der Waals surface area contributed by atoms with Gasteiger partial charge in [-0.25, -0.2) is 12.7 Å². The summed E-state index contributed by atoms with van der Waals surface area (Å²) in [4.78, 5) is 12.1. The summed E-state index contributed by atoms with van der Waals surface area (Å²) in [5, 5.41) is 3.41. The number of nitrogens with zero attached hydrogens (tertiary/aromatic N) is 1. The van der Waals surface area contributed by atoms with Crippen LogP contribution >= 0.6 is 11.6 Å². The van der Waals surface area contributed by atoms with Gasteiger partial charge < -0.3 is 10.1 Å². The van der Waals surface area contributed by atoms with Gasteiger partial charge in [0.2, 0.25) is 15.9 Å². The maximum absolute atomic E-state index is 12.6. The van der Waals surface area contributed by atoms with E-state index in [-0.39, 0.29) is 17.6 Å². The summed E-state index contributed by atoms with van der Waals surface area (Å²) in [5.41, 5.74) is 0.672. The summed E-state index contributed by atoms with van der Waals surface area (Å²) in [6.07, 6.45) is 1.87. The van der Waals surface area contributed by atoms with Gasteiger partial charge in [0, 0.05) is 44.3 Å². The highest BCUT2D eigenvalue weighted by Crippen LogP contribution is 2.22. The molecule has 1 fully saturated rings. The van der Waals surface area contributed by atoms with Gasteiger partial charge in [-0.1, -0.05) is 23.7 Å². The number of nitrogens with one attached hydrogen (secondary N) is 1. The highest BCUT2D eigenvalue weighted by atomic mass is 35.5. The van der Waals surface area contributed by atoms with Crippen LogP contribution in [-0.4, -0.2) is 52.0 Å². The lowest BCUT2D eigenvalue weighted by Gasteiger charge is -2.30. The lowest BCUT2D eigenvalue weighted by atomic mass is 9.97. The number of sulfonamides is 1. The van der Waals surface area contributed by atoms with Gasteiger partial charge in [-0.3, -0.25) is 4.79 Å². The van der Waals surface area contributed by atoms with E-state index in [1.807, 2.05) is 0 Å². The molecule has 0 spiro atoms. The van der Waals surface area contributed by atoms with Gasteiger partial charge in [0.05, 0.1) is 5.75 Å². The summed E-state index contributed by atoms with van der Waals surface area (Å²) in [5.74, 6) is -0.190. The summed E-state index contributed by atoms with van der Waals surface area (Å²) < 4.78 is 31.5. The van der Waals surface area contributed by atoms with Crippen molar-refractivity contribution in [1.29, 1.82) is 0 Å². The number of ether oxygens (including phenoxy) is 1. The Labute approximate surface area is 154 Å². The number of carbonyl (C=O) groups excluding carboxylic acids is 1. The van der Waals surface area contributed by atoms with Gasteiger partial charge in [-0.05, 0) is 37.0 Å². The van der Waals surface area contributed by atoms with E-state index in [1.54, 1.807) is 31.4 Å². The largest absolute Gasteiger partial charge is 0.385 e. The van der Waals surface area contributed by atoms with E-state index >= 15 is 0 Å². The molecule has 0 saturated carbocycles. The van der Waals surface area contributed by atoms with Crippen LogP contribution in [0.5, 0.6) is 0 Å². The van der Waals surface area contributed by atoms with E-state index < -0.39 is 10.0 Å². The molecular weight excluding hydrogens is 364 g/mol. The Morgan fingerprint density at radius 1 is 1.36 bits per heavy atom. The number of benzene rings is 1. The zero-order valence-corrected chi connectivity index (χ0v) is 16.0. The first-order chi connectivity index (χ1) is 11.9. The predicted molar refractivity (Wildman–Crippen MR) is 97.9 cm³/mol. The molecule has 0 unspecified atom stereocenters. The van der Waals surface area contributed by atoms with Crippen LogP contribution in [0, 0.1) is 5.92 Å². The molecule has 0 bridgehead atoms. The Balaban J connectivity index is 1.83. The summed E-state index contributed by atoms with van der Waals surface area (Å²) in [6, 6.07) is 6.88. The molecule has 1 saturated heterocycles. The fourth-order valence-electron chi connectivity index (χ4n) is 2.90. The number of piperidine rings is 1. The zero-order chi connectivity index (χ0) is 18.3. The van der Waals surface area contributed by atoms with E-state index in [2.05, 4.69) is 5.32 Å². The van der Waals surface area contributed by atoms with Crippen molar-refractivity contribution in [1.82, 2.24) is 9.62 Å². The molecule has 0 radical (unpaired) electrons. The Morgan fingerprint density at radius 2 is 2.08 bits per heavy atom. The minimum absolute atomic E-state index is 0.00277. The Morgan fingerprint density at radius 3 is 2.72 bits per heavy atom. The van der Waals surface area contributed by atoms with Crippen molar-refractivity contribution >= 4 is 27.5 Å². The third-order valence-electron chi connectivity index (χ3n) is 4.28. The van der Waals surface area contributed by atoms with Crippen molar-refractivity contribution in [2.24, 2.45) is 5.92 Å². The van der Waals surface area contributed by atoms with Gasteiger partial charge in [0.1, 0.15) is 0 Å². The molecule has 8 heteroatoms. The fourth-order valence-corrected chi connectivity index (χ4v) is 4.66. The second-order valence-corrected chi connectivity index (χ2v) is 8.60. The smallest absolute Gasteiger partial charge is 0.223 e. The van der Waals surface area contributed by atoms with E-state index in [9.17, 15) is 13.2 Å². The molecule has 1 heterocycles. The maximum atomic E-state index is 12.6. The SMILES string of the molecule is COCCCNC(=O)C1CCN(S(=O)(=O)Cc2cccc(Cl)c2)CC1. The van der Waals surface area contributed by atoms with E-state index in [1.165, 1.54) is 4.31 Å². The van der Waals surface area contributed by atoms with Crippen LogP contribution in [0.1, 0.15) is 24.8 Å². The normalized spacial score (nSPS) is 16.7. The molecule has 0 aliphatic carbocycles. The van der Waals surface area contributed by atoms with Crippen molar-refractivity contribution < 1.29 is 17.9 Å². The van der Waals surface area contributed by atoms with Gasteiger partial charge in [-0.15, -0.1) is 0 Å². The quantitative estimate of drug-likeness (QED) is 0.691. The van der Waals surface area contributed by atoms with Crippen LogP contribution < -0.4 is 5.32 Å². The number of rotatable bonds is 8. The molecule has 0 atom stereocenters. The van der Waals surface area contributed by atoms with Gasteiger partial charge in [0.15, 0.2) is 0 Å². The van der Waals surface area contributed by atoms with Crippen LogP contribution in [0.25, 0.3) is 0 Å². The lowest BCUT2D eigenvalue weighted by molar-refractivity contribution is -0.126. The average molecular weight is 389 g/mol. The van der Waals surface area contributed by atoms with Crippen molar-refractivity contribution in [2.45, 2.75) is 25.0 Å². The minimum Gasteiger partial charge on any atom is -0.385 e. The third-order valence-corrected chi connectivity index (χ3v) is 6.37. The number of amides is 1. The Bertz CT molecular complexity index is 673. The van der Waals surface area contributed by atoms with Gasteiger partial charge in [-0.2, -0.15) is 0 Å². The highest BCUT2D eigenvalue weighted by Gasteiger charge is 2.31. The number of carbonyl (C=O) groups is 1. The van der Waals surface area contributed by atoms with E-state index in [0.29, 0.717) is 49.7 Å². The molecule has 25 heavy (non-hydrogen) atoms. The Hall–Kier alpha value is -1.15. The molecule has 1 N–H and O–H groups in total. The number of halogens is 1. The van der Waals surface area contributed by atoms with Gasteiger partial charge in [0.25, 0.3) is 0 Å².